The summed E-state index contributed by atoms with van der Waals surface area (Å²) in [7, 11) is 0. The number of nitrogens with two attached hydrogens (primary N) is 1. The summed E-state index contributed by atoms with van der Waals surface area (Å²) in [6, 6.07) is 24.5. The minimum atomic E-state index is -0.498. The Kier molecular flexibility index (Phi) is 6.75. The lowest BCUT2D eigenvalue weighted by molar-refractivity contribution is 0.122. The van der Waals surface area contributed by atoms with Crippen LogP contribution >= 0.6 is 22.7 Å². The van der Waals surface area contributed by atoms with Gasteiger partial charge in [-0.25, -0.2) is 0 Å². The molecular weight excluding hydrogens is 677 g/mol. The second-order valence-corrected chi connectivity index (χ2v) is 16.8. The number of aromatic amines is 1. The van der Waals surface area contributed by atoms with Crippen LogP contribution in [0.2, 0.25) is 0 Å². The summed E-state index contributed by atoms with van der Waals surface area (Å²) >= 11 is 3.62. The van der Waals surface area contributed by atoms with Crippen LogP contribution in [0.4, 0.5) is 5.00 Å². The number of para-hydroxylation sites is 1. The Morgan fingerprint density at radius 3 is 2.83 bits per heavy atom. The number of allylic oxidation sites excluding steroid dienone is 7. The van der Waals surface area contributed by atoms with Crippen molar-refractivity contribution in [3.8, 4) is 22.6 Å². The zero-order valence-corrected chi connectivity index (χ0v) is 30.7. The molecule has 4 nitrogen and oxygen atoms in total. The van der Waals surface area contributed by atoms with Gasteiger partial charge in [-0.1, -0.05) is 80.1 Å². The first-order valence-corrected chi connectivity index (χ1v) is 20.3. The fraction of sp³-hybridized carbons (Fsp3) is 0.217. The minimum Gasteiger partial charge on any atom is -0.486 e. The van der Waals surface area contributed by atoms with Gasteiger partial charge < -0.3 is 20.2 Å². The zero-order valence-electron chi connectivity index (χ0n) is 29.1. The van der Waals surface area contributed by atoms with Gasteiger partial charge in [-0.15, -0.1) is 22.7 Å². The van der Waals surface area contributed by atoms with Crippen LogP contribution in [-0.4, -0.2) is 11.1 Å². The van der Waals surface area contributed by atoms with Crippen LogP contribution in [0, 0.1) is 0 Å². The minimum absolute atomic E-state index is 0.0643. The highest BCUT2D eigenvalue weighted by atomic mass is 32.1. The lowest BCUT2D eigenvalue weighted by atomic mass is 9.57. The molecule has 6 heteroatoms. The smallest absolute Gasteiger partial charge is 0.132 e. The Morgan fingerprint density at radius 2 is 1.88 bits per heavy atom. The molecule has 0 bridgehead atoms. The number of H-pyrrole nitrogens is 1. The van der Waals surface area contributed by atoms with Crippen molar-refractivity contribution in [3.63, 3.8) is 0 Å². The van der Waals surface area contributed by atoms with E-state index in [9.17, 15) is 0 Å². The van der Waals surface area contributed by atoms with E-state index < -0.39 is 5.41 Å². The van der Waals surface area contributed by atoms with Gasteiger partial charge in [0, 0.05) is 49.7 Å². The highest BCUT2D eigenvalue weighted by molar-refractivity contribution is 7.23. The number of hydrogen-bond acceptors (Lipinski definition) is 5. The lowest BCUT2D eigenvalue weighted by Gasteiger charge is -2.50. The number of nitrogens with one attached hydrogen (secondary N) is 1. The first-order valence-electron chi connectivity index (χ1n) is 18.6. The monoisotopic (exact) mass is 714 g/mol. The number of benzene rings is 3. The normalized spacial score (nSPS) is 21.4. The van der Waals surface area contributed by atoms with Gasteiger partial charge in [0.05, 0.1) is 10.4 Å². The first kappa shape index (κ1) is 30.6. The van der Waals surface area contributed by atoms with Crippen LogP contribution in [0.15, 0.2) is 126 Å². The number of aryl methyl sites for hydroxylation is 2. The quantitative estimate of drug-likeness (QED) is 0.191. The summed E-state index contributed by atoms with van der Waals surface area (Å²) in [5.74, 6) is 2.86. The molecule has 3 aromatic heterocycles. The Morgan fingerprint density at radius 1 is 0.962 bits per heavy atom. The van der Waals surface area contributed by atoms with Crippen LogP contribution in [-0.2, 0) is 23.0 Å². The molecular formula is C46H38N2O2S2. The fourth-order valence-corrected chi connectivity index (χ4v) is 12.0. The third-order valence-electron chi connectivity index (χ3n) is 11.9. The average Bonchev–Trinajstić information content (AvgIpc) is 3.87. The van der Waals surface area contributed by atoms with E-state index in [-0.39, 0.29) is 6.10 Å². The summed E-state index contributed by atoms with van der Waals surface area (Å²) in [5, 5.41) is 3.56. The van der Waals surface area contributed by atoms with Crippen molar-refractivity contribution in [1.29, 1.82) is 0 Å². The molecule has 6 aromatic rings. The maximum absolute atomic E-state index is 7.10. The van der Waals surface area contributed by atoms with Gasteiger partial charge in [-0.05, 0) is 101 Å². The second-order valence-electron chi connectivity index (χ2n) is 14.6. The summed E-state index contributed by atoms with van der Waals surface area (Å²) < 4.78 is 15.3. The topological polar surface area (TPSA) is 60.3 Å². The SMILES string of the molecule is CCCc1c(N)sc2cccc(-c3ccc4c(c3)Oc3ccccc3C43C4=CC=CCC4OC4=C3CCC(C3=CCCc5sc6[nH]ccc6c53)=C4)c12. The molecule has 0 saturated heterocycles. The molecule has 1 spiro atoms. The molecule has 3 aromatic carbocycles. The van der Waals surface area contributed by atoms with Crippen LogP contribution in [0.5, 0.6) is 11.5 Å². The molecule has 52 heavy (non-hydrogen) atoms. The molecule has 256 valence electrons. The van der Waals surface area contributed by atoms with Crippen LogP contribution in [0.25, 0.3) is 37.0 Å². The molecule has 2 aliphatic heterocycles. The first-order chi connectivity index (χ1) is 25.6. The van der Waals surface area contributed by atoms with Crippen LogP contribution in [0.1, 0.15) is 66.2 Å². The molecule has 3 N–H and O–H groups in total. The van der Waals surface area contributed by atoms with E-state index in [0.29, 0.717) is 0 Å². The summed E-state index contributed by atoms with van der Waals surface area (Å²) in [6.45, 7) is 2.23. The maximum atomic E-state index is 7.10. The van der Waals surface area contributed by atoms with E-state index in [4.69, 9.17) is 15.2 Å². The second kappa shape index (κ2) is 11.5. The number of ether oxygens (including phenoxy) is 2. The van der Waals surface area contributed by atoms with Gasteiger partial charge in [-0.3, -0.25) is 0 Å². The van der Waals surface area contributed by atoms with E-state index in [1.807, 2.05) is 11.3 Å². The lowest BCUT2D eigenvalue weighted by Crippen LogP contribution is -2.45. The molecule has 11 rings (SSSR count). The van der Waals surface area contributed by atoms with Crippen LogP contribution in [0.3, 0.4) is 0 Å². The molecule has 0 amide bonds. The van der Waals surface area contributed by atoms with Gasteiger partial charge in [0.2, 0.25) is 0 Å². The third kappa shape index (κ3) is 4.19. The average molecular weight is 715 g/mol. The fourth-order valence-electron chi connectivity index (χ4n) is 9.80. The number of nitrogen functional groups attached to an aromatic ring is 1. The Balaban J connectivity index is 1.13. The van der Waals surface area contributed by atoms with Crippen molar-refractivity contribution >= 4 is 53.6 Å². The Hall–Kier alpha value is -5.04. The standard InChI is InChI=1S/C46H38N2O2S2/c1-2-9-30-42-28(10-7-16-40(42)51-44(30)47)26-18-20-34-38(24-26)49-36-14-5-3-12-32(36)46(34)33-13-4-6-15-37(33)50-39-25-27(19-21-35(39)46)29-11-8-17-41-43(29)31-22-23-48-45(31)52-41/h3-7,10-14,16,18,20,22-25,37,48H,2,8-9,15,17,19,21,47H2,1H3. The molecule has 2 atom stereocenters. The van der Waals surface area contributed by atoms with Gasteiger partial charge in [-0.2, -0.15) is 0 Å². The molecule has 0 fully saturated rings. The summed E-state index contributed by atoms with van der Waals surface area (Å²) in [6.07, 6.45) is 20.6. The van der Waals surface area contributed by atoms with E-state index in [1.165, 1.54) is 75.3 Å². The number of anilines is 1. The van der Waals surface area contributed by atoms with Gasteiger partial charge in [0.15, 0.2) is 0 Å². The largest absolute Gasteiger partial charge is 0.486 e. The third-order valence-corrected chi connectivity index (χ3v) is 14.1. The molecule has 5 aliphatic rings. The number of hydrogen-bond donors (Lipinski definition) is 2. The maximum Gasteiger partial charge on any atom is 0.132 e. The van der Waals surface area contributed by atoms with Crippen molar-refractivity contribution in [3.05, 3.63) is 153 Å². The predicted octanol–water partition coefficient (Wildman–Crippen LogP) is 12.3. The highest BCUT2D eigenvalue weighted by Crippen LogP contribution is 2.62. The molecule has 2 unspecified atom stereocenters. The zero-order chi connectivity index (χ0) is 34.6. The Labute approximate surface area is 311 Å². The van der Waals surface area contributed by atoms with Crippen molar-refractivity contribution in [2.24, 2.45) is 0 Å². The van der Waals surface area contributed by atoms with Crippen molar-refractivity contribution < 1.29 is 9.47 Å². The molecule has 5 heterocycles. The summed E-state index contributed by atoms with van der Waals surface area (Å²) in [5.41, 5.74) is 19.0. The number of fused-ring (bicyclic) bond motifs is 11. The summed E-state index contributed by atoms with van der Waals surface area (Å²) in [4.78, 5) is 6.25. The molecule has 3 aliphatic carbocycles. The van der Waals surface area contributed by atoms with Crippen molar-refractivity contribution in [2.75, 3.05) is 5.73 Å². The van der Waals surface area contributed by atoms with Gasteiger partial charge in [0.25, 0.3) is 0 Å². The predicted molar refractivity (Wildman–Crippen MR) is 216 cm³/mol. The van der Waals surface area contributed by atoms with Crippen LogP contribution < -0.4 is 10.5 Å². The molecule has 0 saturated carbocycles. The van der Waals surface area contributed by atoms with Gasteiger partial charge in [0.1, 0.15) is 28.2 Å². The molecule has 0 radical (unpaired) electrons. The van der Waals surface area contributed by atoms with Crippen molar-refractivity contribution in [1.82, 2.24) is 4.98 Å². The van der Waals surface area contributed by atoms with Gasteiger partial charge >= 0.3 is 0 Å². The van der Waals surface area contributed by atoms with E-state index in [2.05, 4.69) is 115 Å². The van der Waals surface area contributed by atoms with E-state index in [0.717, 1.165) is 72.8 Å². The van der Waals surface area contributed by atoms with E-state index in [1.54, 1.807) is 11.3 Å². The Bertz CT molecular complexity index is 2660. The highest BCUT2D eigenvalue weighted by Gasteiger charge is 2.54. The number of thiophene rings is 2. The van der Waals surface area contributed by atoms with Crippen molar-refractivity contribution in [2.45, 2.75) is 63.4 Å². The van der Waals surface area contributed by atoms with E-state index >= 15 is 0 Å². The number of rotatable bonds is 4. The number of aromatic nitrogens is 1.